The van der Waals surface area contributed by atoms with Gasteiger partial charge in [0.2, 0.25) is 5.95 Å². The van der Waals surface area contributed by atoms with Crippen molar-refractivity contribution in [2.24, 2.45) is 0 Å². The van der Waals surface area contributed by atoms with Gasteiger partial charge in [-0.05, 0) is 43.0 Å². The standard InChI is InChI=1S/C25H25N5O3S/c1-16(31)17-5-6-26-21(11-17)19-13-27-25(28-14-19)30-15-23(34-2)20-4-3-18(12-22(20)30)24(32)29-7-9-33-10-8-29/h3-6,11-16,31H,7-10H2,1-2H3. The van der Waals surface area contributed by atoms with E-state index >= 15 is 0 Å². The molecule has 1 saturated heterocycles. The summed E-state index contributed by atoms with van der Waals surface area (Å²) in [6.45, 7) is 4.05. The van der Waals surface area contributed by atoms with Crippen molar-refractivity contribution in [3.05, 3.63) is 66.2 Å². The summed E-state index contributed by atoms with van der Waals surface area (Å²) in [5.74, 6) is 0.515. The van der Waals surface area contributed by atoms with Crippen LogP contribution in [-0.2, 0) is 4.74 Å². The molecule has 174 valence electrons. The van der Waals surface area contributed by atoms with Crippen LogP contribution in [0.1, 0.15) is 28.9 Å². The summed E-state index contributed by atoms with van der Waals surface area (Å²) in [5.41, 5.74) is 3.76. The van der Waals surface area contributed by atoms with Crippen LogP contribution in [0.3, 0.4) is 0 Å². The van der Waals surface area contributed by atoms with E-state index in [0.717, 1.165) is 26.9 Å². The Hall–Kier alpha value is -3.27. The predicted octanol–water partition coefficient (Wildman–Crippen LogP) is 3.73. The molecule has 34 heavy (non-hydrogen) atoms. The van der Waals surface area contributed by atoms with Gasteiger partial charge >= 0.3 is 0 Å². The van der Waals surface area contributed by atoms with Gasteiger partial charge in [-0.15, -0.1) is 11.8 Å². The fraction of sp³-hybridized carbons (Fsp3) is 0.280. The van der Waals surface area contributed by atoms with Gasteiger partial charge in [0, 0.05) is 59.3 Å². The highest BCUT2D eigenvalue weighted by Crippen LogP contribution is 2.31. The van der Waals surface area contributed by atoms with E-state index in [0.29, 0.717) is 43.5 Å². The van der Waals surface area contributed by atoms with Gasteiger partial charge in [0.1, 0.15) is 0 Å². The molecule has 0 spiro atoms. The number of ether oxygens (including phenoxy) is 1. The first-order valence-electron chi connectivity index (χ1n) is 11.1. The third-order valence-electron chi connectivity index (χ3n) is 5.95. The number of carbonyl (C=O) groups is 1. The van der Waals surface area contributed by atoms with Crippen LogP contribution in [0.25, 0.3) is 28.1 Å². The van der Waals surface area contributed by atoms with Gasteiger partial charge in [-0.3, -0.25) is 14.3 Å². The zero-order chi connectivity index (χ0) is 23.7. The average molecular weight is 476 g/mol. The highest BCUT2D eigenvalue weighted by atomic mass is 32.2. The van der Waals surface area contributed by atoms with Crippen LogP contribution in [0, 0.1) is 0 Å². The highest BCUT2D eigenvalue weighted by molar-refractivity contribution is 7.98. The number of rotatable bonds is 5. The van der Waals surface area contributed by atoms with E-state index in [4.69, 9.17) is 4.74 Å². The third kappa shape index (κ3) is 4.29. The molecule has 1 N–H and O–H groups in total. The molecule has 4 heterocycles. The lowest BCUT2D eigenvalue weighted by atomic mass is 10.1. The number of thioether (sulfide) groups is 1. The number of benzene rings is 1. The zero-order valence-corrected chi connectivity index (χ0v) is 19.8. The van der Waals surface area contributed by atoms with Gasteiger partial charge < -0.3 is 14.7 Å². The summed E-state index contributed by atoms with van der Waals surface area (Å²) in [6, 6.07) is 9.41. The number of hydrogen-bond donors (Lipinski definition) is 1. The molecular weight excluding hydrogens is 450 g/mol. The van der Waals surface area contributed by atoms with Crippen LogP contribution in [0.4, 0.5) is 0 Å². The van der Waals surface area contributed by atoms with Crippen molar-refractivity contribution in [2.75, 3.05) is 32.6 Å². The lowest BCUT2D eigenvalue weighted by molar-refractivity contribution is 0.0303. The van der Waals surface area contributed by atoms with Gasteiger partial charge in [-0.25, -0.2) is 9.97 Å². The quantitative estimate of drug-likeness (QED) is 0.440. The maximum atomic E-state index is 13.0. The molecule has 3 aromatic heterocycles. The summed E-state index contributed by atoms with van der Waals surface area (Å²) in [4.78, 5) is 29.5. The average Bonchev–Trinajstić information content (AvgIpc) is 3.27. The fourth-order valence-corrected chi connectivity index (χ4v) is 4.65. The molecule has 5 rings (SSSR count). The smallest absolute Gasteiger partial charge is 0.254 e. The van der Waals surface area contributed by atoms with E-state index in [2.05, 4.69) is 15.0 Å². The molecule has 1 atom stereocenters. The largest absolute Gasteiger partial charge is 0.389 e. The van der Waals surface area contributed by atoms with E-state index in [1.807, 2.05) is 46.2 Å². The Bertz CT molecular complexity index is 1330. The van der Waals surface area contributed by atoms with E-state index in [9.17, 15) is 9.90 Å². The van der Waals surface area contributed by atoms with Gasteiger partial charge in [-0.1, -0.05) is 6.07 Å². The summed E-state index contributed by atoms with van der Waals surface area (Å²) in [5, 5.41) is 10.9. The van der Waals surface area contributed by atoms with Gasteiger partial charge in [0.25, 0.3) is 5.91 Å². The minimum absolute atomic E-state index is 0.00369. The highest BCUT2D eigenvalue weighted by Gasteiger charge is 2.20. The van der Waals surface area contributed by atoms with Crippen molar-refractivity contribution in [3.63, 3.8) is 0 Å². The lowest BCUT2D eigenvalue weighted by Gasteiger charge is -2.26. The molecule has 0 aliphatic carbocycles. The molecule has 8 nitrogen and oxygen atoms in total. The maximum Gasteiger partial charge on any atom is 0.254 e. The second-order valence-corrected chi connectivity index (χ2v) is 8.97. The molecule has 1 unspecified atom stereocenters. The number of aromatic nitrogens is 4. The van der Waals surface area contributed by atoms with Crippen molar-refractivity contribution in [1.82, 2.24) is 24.4 Å². The molecule has 0 radical (unpaired) electrons. The molecule has 1 amide bonds. The number of carbonyl (C=O) groups excluding carboxylic acids is 1. The Morgan fingerprint density at radius 1 is 1.12 bits per heavy atom. The number of pyridine rings is 1. The van der Waals surface area contributed by atoms with E-state index in [1.54, 1.807) is 43.3 Å². The van der Waals surface area contributed by atoms with Crippen molar-refractivity contribution >= 4 is 28.6 Å². The van der Waals surface area contributed by atoms with Crippen molar-refractivity contribution in [2.45, 2.75) is 17.9 Å². The van der Waals surface area contributed by atoms with Crippen LogP contribution in [0.15, 0.2) is 60.0 Å². The van der Waals surface area contributed by atoms with E-state index in [1.165, 1.54) is 0 Å². The number of nitrogens with zero attached hydrogens (tertiary/aromatic N) is 5. The molecule has 9 heteroatoms. The summed E-state index contributed by atoms with van der Waals surface area (Å²) in [7, 11) is 0. The van der Waals surface area contributed by atoms with Crippen molar-refractivity contribution < 1.29 is 14.6 Å². The summed E-state index contributed by atoms with van der Waals surface area (Å²) >= 11 is 1.64. The molecule has 1 aliphatic rings. The normalized spacial score (nSPS) is 15.0. The number of aliphatic hydroxyl groups excluding tert-OH is 1. The maximum absolute atomic E-state index is 13.0. The number of morpholine rings is 1. The second-order valence-electron chi connectivity index (χ2n) is 8.13. The first-order valence-corrected chi connectivity index (χ1v) is 12.3. The molecule has 0 saturated carbocycles. The minimum atomic E-state index is -0.576. The molecular formula is C25H25N5O3S. The Morgan fingerprint density at radius 2 is 1.88 bits per heavy atom. The van der Waals surface area contributed by atoms with Crippen LogP contribution in [0.2, 0.25) is 0 Å². The number of hydrogen-bond acceptors (Lipinski definition) is 7. The van der Waals surface area contributed by atoms with E-state index in [-0.39, 0.29) is 5.91 Å². The van der Waals surface area contributed by atoms with Gasteiger partial charge in [0.15, 0.2) is 0 Å². The topological polar surface area (TPSA) is 93.4 Å². The van der Waals surface area contributed by atoms with Crippen molar-refractivity contribution in [3.8, 4) is 17.2 Å². The predicted molar refractivity (Wildman–Crippen MR) is 131 cm³/mol. The number of fused-ring (bicyclic) bond motifs is 1. The van der Waals surface area contributed by atoms with Crippen molar-refractivity contribution in [1.29, 1.82) is 0 Å². The Balaban J connectivity index is 1.51. The molecule has 0 bridgehead atoms. The molecule has 1 aliphatic heterocycles. The Kier molecular flexibility index (Phi) is 6.32. The van der Waals surface area contributed by atoms with Gasteiger partial charge in [-0.2, -0.15) is 0 Å². The van der Waals surface area contributed by atoms with Crippen LogP contribution >= 0.6 is 11.8 Å². The Morgan fingerprint density at radius 3 is 2.59 bits per heavy atom. The summed E-state index contributed by atoms with van der Waals surface area (Å²) < 4.78 is 7.29. The monoisotopic (exact) mass is 475 g/mol. The minimum Gasteiger partial charge on any atom is -0.389 e. The molecule has 1 aromatic carbocycles. The van der Waals surface area contributed by atoms with E-state index < -0.39 is 6.10 Å². The van der Waals surface area contributed by atoms with Crippen LogP contribution in [0.5, 0.6) is 0 Å². The zero-order valence-electron chi connectivity index (χ0n) is 19.0. The SMILES string of the molecule is CSc1cn(-c2ncc(-c3cc(C(C)O)ccn3)cn2)c2cc(C(=O)N3CCOCC3)ccc12. The first-order chi connectivity index (χ1) is 16.5. The van der Waals surface area contributed by atoms with Gasteiger partial charge in [0.05, 0.1) is 30.5 Å². The fourth-order valence-electron chi connectivity index (χ4n) is 4.05. The molecule has 4 aromatic rings. The van der Waals surface area contributed by atoms with Crippen LogP contribution < -0.4 is 0 Å². The number of amides is 1. The third-order valence-corrected chi connectivity index (χ3v) is 6.72. The summed E-state index contributed by atoms with van der Waals surface area (Å²) in [6.07, 6.45) is 8.57. The number of aliphatic hydroxyl groups is 1. The first kappa shape index (κ1) is 22.5. The molecule has 1 fully saturated rings. The Labute approximate surface area is 201 Å². The lowest BCUT2D eigenvalue weighted by Crippen LogP contribution is -2.40. The second kappa shape index (κ2) is 9.54. The van der Waals surface area contributed by atoms with Crippen LogP contribution in [-0.4, -0.2) is 68.0 Å².